The molecule has 2 aromatic rings. The minimum absolute atomic E-state index is 0.140. The fraction of sp³-hybridized carbons (Fsp3) is 0.267. The van der Waals surface area contributed by atoms with Crippen molar-refractivity contribution in [3.8, 4) is 5.75 Å². The van der Waals surface area contributed by atoms with Gasteiger partial charge in [-0.1, -0.05) is 19.1 Å². The molecule has 1 atom stereocenters. The van der Waals surface area contributed by atoms with Crippen LogP contribution in [0.1, 0.15) is 24.1 Å². The third-order valence-corrected chi connectivity index (χ3v) is 3.55. The molecule has 0 spiro atoms. The molecule has 0 bridgehead atoms. The van der Waals surface area contributed by atoms with Crippen LogP contribution < -0.4 is 10.1 Å². The Kier molecular flexibility index (Phi) is 4.93. The lowest BCUT2D eigenvalue weighted by molar-refractivity contribution is 0.412. The molecule has 19 heavy (non-hydrogen) atoms. The molecule has 0 saturated heterocycles. The Labute approximate surface area is 122 Å². The molecule has 1 N–H and O–H groups in total. The molecule has 0 radical (unpaired) electrons. The van der Waals surface area contributed by atoms with Gasteiger partial charge in [0.1, 0.15) is 5.75 Å². The van der Waals surface area contributed by atoms with Crippen LogP contribution in [-0.4, -0.2) is 18.6 Å². The highest BCUT2D eigenvalue weighted by Gasteiger charge is 2.14. The van der Waals surface area contributed by atoms with E-state index in [1.807, 2.05) is 18.3 Å². The second-order valence-electron chi connectivity index (χ2n) is 4.17. The lowest BCUT2D eigenvalue weighted by Gasteiger charge is -2.19. The van der Waals surface area contributed by atoms with Crippen LogP contribution in [0.25, 0.3) is 0 Å². The van der Waals surface area contributed by atoms with E-state index in [0.717, 1.165) is 22.3 Å². The first-order valence-electron chi connectivity index (χ1n) is 6.23. The van der Waals surface area contributed by atoms with Crippen molar-refractivity contribution in [3.63, 3.8) is 0 Å². The molecule has 2 rings (SSSR count). The first-order valence-corrected chi connectivity index (χ1v) is 7.02. The molecule has 0 fully saturated rings. The second kappa shape index (κ2) is 6.68. The van der Waals surface area contributed by atoms with E-state index >= 15 is 0 Å². The van der Waals surface area contributed by atoms with Crippen molar-refractivity contribution < 1.29 is 4.74 Å². The Morgan fingerprint density at radius 3 is 2.74 bits per heavy atom. The molecular formula is C15H17BrN2O. The zero-order chi connectivity index (χ0) is 13.7. The normalized spacial score (nSPS) is 12.2. The maximum Gasteiger partial charge on any atom is 0.133 e. The predicted octanol–water partition coefficient (Wildman–Crippen LogP) is 3.55. The fourth-order valence-corrected chi connectivity index (χ4v) is 2.60. The third-order valence-electron chi connectivity index (χ3n) is 2.94. The summed E-state index contributed by atoms with van der Waals surface area (Å²) in [6.07, 6.45) is 3.68. The van der Waals surface area contributed by atoms with Gasteiger partial charge in [-0.05, 0) is 51.8 Å². The number of halogens is 1. The maximum atomic E-state index is 5.27. The van der Waals surface area contributed by atoms with Crippen molar-refractivity contribution in [1.29, 1.82) is 0 Å². The first kappa shape index (κ1) is 14.0. The molecule has 3 nitrogen and oxygen atoms in total. The summed E-state index contributed by atoms with van der Waals surface area (Å²) in [5.41, 5.74) is 2.34. The largest absolute Gasteiger partial charge is 0.496 e. The Hall–Kier alpha value is -1.39. The molecule has 1 aromatic carbocycles. The second-order valence-corrected chi connectivity index (χ2v) is 5.03. The van der Waals surface area contributed by atoms with Gasteiger partial charge in [-0.15, -0.1) is 0 Å². The average molecular weight is 321 g/mol. The van der Waals surface area contributed by atoms with Gasteiger partial charge in [0.05, 0.1) is 17.6 Å². The van der Waals surface area contributed by atoms with E-state index in [4.69, 9.17) is 4.74 Å². The fourth-order valence-electron chi connectivity index (χ4n) is 2.04. The summed E-state index contributed by atoms with van der Waals surface area (Å²) in [6.45, 7) is 2.99. The molecule has 1 heterocycles. The number of nitrogens with zero attached hydrogens (tertiary/aromatic N) is 1. The zero-order valence-electron chi connectivity index (χ0n) is 11.1. The van der Waals surface area contributed by atoms with Crippen LogP contribution in [0.15, 0.2) is 47.2 Å². The lowest BCUT2D eigenvalue weighted by atomic mass is 10.00. The summed E-state index contributed by atoms with van der Waals surface area (Å²) in [4.78, 5) is 4.19. The van der Waals surface area contributed by atoms with Crippen LogP contribution in [-0.2, 0) is 0 Å². The van der Waals surface area contributed by atoms with Crippen LogP contribution in [0.2, 0.25) is 0 Å². The number of ether oxygens (including phenoxy) is 1. The van der Waals surface area contributed by atoms with Crippen molar-refractivity contribution in [2.45, 2.75) is 13.0 Å². The first-order chi connectivity index (χ1) is 9.26. The van der Waals surface area contributed by atoms with E-state index in [1.54, 1.807) is 13.3 Å². The Balaban J connectivity index is 2.37. The number of methoxy groups -OCH3 is 1. The highest BCUT2D eigenvalue weighted by Crippen LogP contribution is 2.30. The highest BCUT2D eigenvalue weighted by atomic mass is 79.9. The summed E-state index contributed by atoms with van der Waals surface area (Å²) < 4.78 is 6.22. The minimum atomic E-state index is 0.140. The summed E-state index contributed by atoms with van der Waals surface area (Å²) >= 11 is 3.53. The molecule has 0 saturated carbocycles. The van der Waals surface area contributed by atoms with Gasteiger partial charge in [0.2, 0.25) is 0 Å². The number of pyridine rings is 1. The molecule has 100 valence electrons. The number of nitrogens with one attached hydrogen (secondary N) is 1. The van der Waals surface area contributed by atoms with Gasteiger partial charge in [0.15, 0.2) is 0 Å². The van der Waals surface area contributed by atoms with Crippen molar-refractivity contribution in [1.82, 2.24) is 10.3 Å². The minimum Gasteiger partial charge on any atom is -0.496 e. The smallest absolute Gasteiger partial charge is 0.133 e. The van der Waals surface area contributed by atoms with Crippen LogP contribution in [0.3, 0.4) is 0 Å². The number of benzene rings is 1. The number of rotatable bonds is 5. The standard InChI is InChI=1S/C15H17BrN2O/c1-3-18-15(12-5-4-8-17-10-12)11-6-7-14(19-2)13(16)9-11/h4-10,15,18H,3H2,1-2H3. The summed E-state index contributed by atoms with van der Waals surface area (Å²) in [6, 6.07) is 10.3. The van der Waals surface area contributed by atoms with Crippen molar-refractivity contribution in [2.75, 3.05) is 13.7 Å². The molecule has 0 aliphatic rings. The molecule has 0 amide bonds. The zero-order valence-corrected chi connectivity index (χ0v) is 12.6. The van der Waals surface area contributed by atoms with Crippen molar-refractivity contribution in [3.05, 3.63) is 58.3 Å². The summed E-state index contributed by atoms with van der Waals surface area (Å²) in [5, 5.41) is 3.48. The molecule has 4 heteroatoms. The molecule has 1 unspecified atom stereocenters. The molecule has 0 aliphatic carbocycles. The molecular weight excluding hydrogens is 304 g/mol. The molecule has 0 aliphatic heterocycles. The predicted molar refractivity (Wildman–Crippen MR) is 80.5 cm³/mol. The number of aromatic nitrogens is 1. The van der Waals surface area contributed by atoms with E-state index < -0.39 is 0 Å². The van der Waals surface area contributed by atoms with E-state index in [2.05, 4.69) is 51.4 Å². The van der Waals surface area contributed by atoms with Gasteiger partial charge in [0.25, 0.3) is 0 Å². The van der Waals surface area contributed by atoms with Crippen LogP contribution >= 0.6 is 15.9 Å². The highest BCUT2D eigenvalue weighted by molar-refractivity contribution is 9.10. The van der Waals surface area contributed by atoms with Gasteiger partial charge >= 0.3 is 0 Å². The van der Waals surface area contributed by atoms with Gasteiger partial charge in [-0.25, -0.2) is 0 Å². The summed E-state index contributed by atoms with van der Waals surface area (Å²) in [7, 11) is 1.67. The van der Waals surface area contributed by atoms with Gasteiger partial charge in [-0.3, -0.25) is 4.98 Å². The van der Waals surface area contributed by atoms with Crippen LogP contribution in [0, 0.1) is 0 Å². The average Bonchev–Trinajstić information content (AvgIpc) is 2.45. The Morgan fingerprint density at radius 1 is 1.32 bits per heavy atom. The number of hydrogen-bond donors (Lipinski definition) is 1. The van der Waals surface area contributed by atoms with Gasteiger partial charge in [0, 0.05) is 12.4 Å². The topological polar surface area (TPSA) is 34.2 Å². The van der Waals surface area contributed by atoms with E-state index in [1.165, 1.54) is 5.56 Å². The Morgan fingerprint density at radius 2 is 2.16 bits per heavy atom. The number of hydrogen-bond acceptors (Lipinski definition) is 3. The molecule has 1 aromatic heterocycles. The van der Waals surface area contributed by atoms with Gasteiger partial charge < -0.3 is 10.1 Å². The quantitative estimate of drug-likeness (QED) is 0.914. The van der Waals surface area contributed by atoms with Crippen LogP contribution in [0.4, 0.5) is 0 Å². The van der Waals surface area contributed by atoms with E-state index in [0.29, 0.717) is 0 Å². The SMILES string of the molecule is CCNC(c1cccnc1)c1ccc(OC)c(Br)c1. The van der Waals surface area contributed by atoms with Gasteiger partial charge in [-0.2, -0.15) is 0 Å². The monoisotopic (exact) mass is 320 g/mol. The van der Waals surface area contributed by atoms with E-state index in [-0.39, 0.29) is 6.04 Å². The van der Waals surface area contributed by atoms with Crippen molar-refractivity contribution >= 4 is 15.9 Å². The van der Waals surface area contributed by atoms with Crippen molar-refractivity contribution in [2.24, 2.45) is 0 Å². The Bertz CT molecular complexity index is 531. The lowest BCUT2D eigenvalue weighted by Crippen LogP contribution is -2.22. The summed E-state index contributed by atoms with van der Waals surface area (Å²) in [5.74, 6) is 0.838. The van der Waals surface area contributed by atoms with Crippen LogP contribution in [0.5, 0.6) is 5.75 Å². The van der Waals surface area contributed by atoms with E-state index in [9.17, 15) is 0 Å². The maximum absolute atomic E-state index is 5.27. The third kappa shape index (κ3) is 3.33.